The van der Waals surface area contributed by atoms with Crippen LogP contribution in [-0.2, 0) is 19.1 Å². The van der Waals surface area contributed by atoms with Gasteiger partial charge in [0.1, 0.15) is 6.61 Å². The van der Waals surface area contributed by atoms with Crippen LogP contribution in [0.5, 0.6) is 0 Å². The average Bonchev–Trinajstić information content (AvgIpc) is 2.97. The van der Waals surface area contributed by atoms with Gasteiger partial charge in [0.2, 0.25) is 0 Å². The Labute approximate surface area is 253 Å². The third-order valence-electron chi connectivity index (χ3n) is 7.20. The van der Waals surface area contributed by atoms with E-state index in [0.717, 1.165) is 70.6 Å². The minimum atomic E-state index is -0.775. The molecule has 0 aromatic rings. The van der Waals surface area contributed by atoms with Crippen LogP contribution < -0.4 is 0 Å². The highest BCUT2D eigenvalue weighted by atomic mass is 16.6. The third kappa shape index (κ3) is 30.9. The fraction of sp³-hybridized carbons (Fsp3) is 0.778. The highest BCUT2D eigenvalue weighted by Crippen LogP contribution is 2.13. The van der Waals surface area contributed by atoms with Gasteiger partial charge < -0.3 is 14.6 Å². The molecule has 0 fully saturated rings. The number of rotatable bonds is 30. The minimum Gasteiger partial charge on any atom is -0.462 e. The van der Waals surface area contributed by atoms with Crippen LogP contribution in [0.15, 0.2) is 36.5 Å². The van der Waals surface area contributed by atoms with Gasteiger partial charge in [0, 0.05) is 12.8 Å². The molecule has 41 heavy (non-hydrogen) atoms. The topological polar surface area (TPSA) is 72.8 Å². The molecular formula is C36H64O5. The van der Waals surface area contributed by atoms with E-state index in [2.05, 4.69) is 50.3 Å². The number of hydrogen-bond donors (Lipinski definition) is 1. The minimum absolute atomic E-state index is 0.0709. The van der Waals surface area contributed by atoms with Gasteiger partial charge in [-0.15, -0.1) is 0 Å². The number of aliphatic hydroxyl groups excluding tert-OH is 1. The van der Waals surface area contributed by atoms with Gasteiger partial charge in [-0.3, -0.25) is 9.59 Å². The Bertz CT molecular complexity index is 667. The number of unbranched alkanes of at least 4 members (excludes halogenated alkanes) is 16. The van der Waals surface area contributed by atoms with Crippen LogP contribution in [0.2, 0.25) is 0 Å². The van der Waals surface area contributed by atoms with Crippen molar-refractivity contribution in [3.63, 3.8) is 0 Å². The summed E-state index contributed by atoms with van der Waals surface area (Å²) in [4.78, 5) is 24.1. The van der Waals surface area contributed by atoms with Gasteiger partial charge in [-0.25, -0.2) is 0 Å². The van der Waals surface area contributed by atoms with Crippen molar-refractivity contribution in [3.05, 3.63) is 36.5 Å². The smallest absolute Gasteiger partial charge is 0.306 e. The van der Waals surface area contributed by atoms with E-state index < -0.39 is 6.10 Å². The quantitative estimate of drug-likeness (QED) is 0.0523. The number of carbonyl (C=O) groups is 2. The molecule has 0 unspecified atom stereocenters. The monoisotopic (exact) mass is 576 g/mol. The number of allylic oxidation sites excluding steroid dienone is 6. The highest BCUT2D eigenvalue weighted by molar-refractivity contribution is 5.70. The molecule has 0 aliphatic heterocycles. The molecule has 0 radical (unpaired) electrons. The molecule has 0 aliphatic carbocycles. The van der Waals surface area contributed by atoms with Gasteiger partial charge in [-0.2, -0.15) is 0 Å². The van der Waals surface area contributed by atoms with Gasteiger partial charge in [0.15, 0.2) is 6.10 Å². The van der Waals surface area contributed by atoms with Crippen LogP contribution in [0.25, 0.3) is 0 Å². The first kappa shape index (κ1) is 39.1. The van der Waals surface area contributed by atoms with Crippen molar-refractivity contribution < 1.29 is 24.2 Å². The molecule has 0 heterocycles. The van der Waals surface area contributed by atoms with Crippen molar-refractivity contribution in [1.82, 2.24) is 0 Å². The second-order valence-electron chi connectivity index (χ2n) is 11.2. The molecule has 0 bridgehead atoms. The Morgan fingerprint density at radius 2 is 1.05 bits per heavy atom. The molecule has 1 atom stereocenters. The molecule has 0 amide bonds. The zero-order valence-electron chi connectivity index (χ0n) is 26.8. The first-order valence-corrected chi connectivity index (χ1v) is 17.0. The molecular weight excluding hydrogens is 512 g/mol. The van der Waals surface area contributed by atoms with E-state index in [1.807, 2.05) is 0 Å². The predicted octanol–water partition coefficient (Wildman–Crippen LogP) is 10.1. The molecule has 0 aromatic heterocycles. The number of carbonyl (C=O) groups excluding carboxylic acids is 2. The molecule has 0 saturated carbocycles. The van der Waals surface area contributed by atoms with E-state index in [4.69, 9.17) is 9.47 Å². The second-order valence-corrected chi connectivity index (χ2v) is 11.2. The van der Waals surface area contributed by atoms with Crippen molar-refractivity contribution in [2.75, 3.05) is 13.2 Å². The van der Waals surface area contributed by atoms with Crippen molar-refractivity contribution in [2.24, 2.45) is 0 Å². The molecule has 5 heteroatoms. The fourth-order valence-corrected chi connectivity index (χ4v) is 4.63. The lowest BCUT2D eigenvalue weighted by atomic mass is 10.0. The van der Waals surface area contributed by atoms with Crippen molar-refractivity contribution in [2.45, 2.75) is 168 Å². The van der Waals surface area contributed by atoms with E-state index in [1.165, 1.54) is 64.2 Å². The Morgan fingerprint density at radius 1 is 0.585 bits per heavy atom. The first-order valence-electron chi connectivity index (χ1n) is 17.0. The Hall–Kier alpha value is -1.88. The summed E-state index contributed by atoms with van der Waals surface area (Å²) in [5.41, 5.74) is 0. The Kier molecular flexibility index (Phi) is 31.1. The molecule has 238 valence electrons. The molecule has 0 rings (SSSR count). The largest absolute Gasteiger partial charge is 0.462 e. The van der Waals surface area contributed by atoms with Crippen LogP contribution >= 0.6 is 0 Å². The molecule has 0 spiro atoms. The highest BCUT2D eigenvalue weighted by Gasteiger charge is 2.16. The van der Waals surface area contributed by atoms with Gasteiger partial charge in [-0.05, 0) is 44.9 Å². The maximum atomic E-state index is 12.1. The first-order chi connectivity index (χ1) is 20.1. The standard InChI is InChI=1S/C36H64O5/c1-3-5-7-9-11-13-15-17-18-19-21-23-25-27-29-31-36(39)41-34(32-37)33-40-35(38)30-28-26-24-22-20-16-14-12-10-8-6-4-2/h5,7,11,13,17-18,34,37H,3-4,6,8-10,12,14-16,19-33H2,1-2H3/t34-/m0/s1. The van der Waals surface area contributed by atoms with Crippen LogP contribution in [-0.4, -0.2) is 36.4 Å². The molecule has 5 nitrogen and oxygen atoms in total. The summed E-state index contributed by atoms with van der Waals surface area (Å²) in [5.74, 6) is -0.611. The summed E-state index contributed by atoms with van der Waals surface area (Å²) >= 11 is 0. The zero-order chi connectivity index (χ0) is 30.1. The van der Waals surface area contributed by atoms with Crippen LogP contribution in [0.4, 0.5) is 0 Å². The van der Waals surface area contributed by atoms with Crippen molar-refractivity contribution >= 4 is 11.9 Å². The van der Waals surface area contributed by atoms with Crippen LogP contribution in [0, 0.1) is 0 Å². The van der Waals surface area contributed by atoms with Crippen molar-refractivity contribution in [3.8, 4) is 0 Å². The number of aliphatic hydroxyl groups is 1. The van der Waals surface area contributed by atoms with Gasteiger partial charge in [-0.1, -0.05) is 140 Å². The molecule has 1 N–H and O–H groups in total. The molecule has 0 saturated heterocycles. The predicted molar refractivity (Wildman–Crippen MR) is 173 cm³/mol. The third-order valence-corrected chi connectivity index (χ3v) is 7.20. The van der Waals surface area contributed by atoms with E-state index in [9.17, 15) is 14.7 Å². The normalized spacial score (nSPS) is 12.6. The van der Waals surface area contributed by atoms with E-state index in [-0.39, 0.29) is 25.2 Å². The van der Waals surface area contributed by atoms with E-state index >= 15 is 0 Å². The summed E-state index contributed by atoms with van der Waals surface area (Å²) in [6, 6.07) is 0. The summed E-state index contributed by atoms with van der Waals surface area (Å²) < 4.78 is 10.5. The van der Waals surface area contributed by atoms with Crippen LogP contribution in [0.3, 0.4) is 0 Å². The van der Waals surface area contributed by atoms with Crippen molar-refractivity contribution in [1.29, 1.82) is 0 Å². The number of esters is 2. The lowest BCUT2D eigenvalue weighted by molar-refractivity contribution is -0.161. The van der Waals surface area contributed by atoms with Gasteiger partial charge in [0.05, 0.1) is 6.61 Å². The van der Waals surface area contributed by atoms with E-state index in [1.54, 1.807) is 0 Å². The van der Waals surface area contributed by atoms with Gasteiger partial charge in [0.25, 0.3) is 0 Å². The molecule has 0 aromatic carbocycles. The Morgan fingerprint density at radius 3 is 1.59 bits per heavy atom. The maximum Gasteiger partial charge on any atom is 0.306 e. The zero-order valence-corrected chi connectivity index (χ0v) is 26.8. The number of hydrogen-bond acceptors (Lipinski definition) is 5. The fourth-order valence-electron chi connectivity index (χ4n) is 4.63. The lowest BCUT2D eigenvalue weighted by Gasteiger charge is -2.15. The average molecular weight is 577 g/mol. The maximum absolute atomic E-state index is 12.1. The van der Waals surface area contributed by atoms with E-state index in [0.29, 0.717) is 12.8 Å². The summed E-state index contributed by atoms with van der Waals surface area (Å²) in [6.07, 6.45) is 37.6. The molecule has 0 aliphatic rings. The van der Waals surface area contributed by atoms with Gasteiger partial charge >= 0.3 is 11.9 Å². The lowest BCUT2D eigenvalue weighted by Crippen LogP contribution is -2.28. The summed E-state index contributed by atoms with van der Waals surface area (Å²) in [6.45, 7) is 3.99. The number of ether oxygens (including phenoxy) is 2. The summed E-state index contributed by atoms with van der Waals surface area (Å²) in [5, 5.41) is 9.50. The summed E-state index contributed by atoms with van der Waals surface area (Å²) in [7, 11) is 0. The Balaban J connectivity index is 3.61. The SMILES string of the molecule is CCC=CCC=CCC=CCCCCCCCC(=O)O[C@@H](CO)COC(=O)CCCCCCCCCCCCCC. The second kappa shape index (κ2) is 32.6. The van der Waals surface area contributed by atoms with Crippen LogP contribution in [0.1, 0.15) is 162 Å².